The number of isocyanates is 1. The Kier molecular flexibility index (Phi) is 1.40. The minimum absolute atomic E-state index is 0.0203. The number of hydrogen-bond acceptors (Lipinski definition) is 2. The van der Waals surface area contributed by atoms with Gasteiger partial charge in [-0.15, -0.1) is 0 Å². The van der Waals surface area contributed by atoms with Crippen LogP contribution >= 0.6 is 0 Å². The first kappa shape index (κ1) is 7.05. The summed E-state index contributed by atoms with van der Waals surface area (Å²) in [5, 5.41) is 0. The van der Waals surface area contributed by atoms with E-state index in [2.05, 4.69) is 11.9 Å². The van der Waals surface area contributed by atoms with Crippen molar-refractivity contribution in [2.45, 2.75) is 38.1 Å². The zero-order chi connectivity index (χ0) is 7.90. The average Bonchev–Trinajstić information content (AvgIpc) is 2.45. The summed E-state index contributed by atoms with van der Waals surface area (Å²) in [7, 11) is 0. The topological polar surface area (TPSA) is 29.4 Å². The fourth-order valence-corrected chi connectivity index (χ4v) is 2.83. The molecule has 0 radical (unpaired) electrons. The van der Waals surface area contributed by atoms with Crippen LogP contribution in [0.1, 0.15) is 32.6 Å². The van der Waals surface area contributed by atoms with E-state index >= 15 is 0 Å². The standard InChI is InChI=1S/C9H13NO/c1-7-4-8-2-3-9(7,5-8)10-6-11/h7-8H,2-5H2,1H3. The number of rotatable bonds is 1. The second kappa shape index (κ2) is 2.18. The molecule has 2 nitrogen and oxygen atoms in total. The van der Waals surface area contributed by atoms with Crippen molar-refractivity contribution in [3.8, 4) is 0 Å². The van der Waals surface area contributed by atoms with Gasteiger partial charge in [-0.05, 0) is 37.5 Å². The van der Waals surface area contributed by atoms with E-state index in [4.69, 9.17) is 0 Å². The highest BCUT2D eigenvalue weighted by atomic mass is 16.1. The maximum absolute atomic E-state index is 10.2. The largest absolute Gasteiger partial charge is 0.235 e. The summed E-state index contributed by atoms with van der Waals surface area (Å²) in [6.45, 7) is 2.21. The molecule has 0 N–H and O–H groups in total. The Morgan fingerprint density at radius 2 is 2.45 bits per heavy atom. The van der Waals surface area contributed by atoms with Crippen LogP contribution in [0.15, 0.2) is 4.99 Å². The van der Waals surface area contributed by atoms with E-state index in [0.29, 0.717) is 5.92 Å². The van der Waals surface area contributed by atoms with Crippen molar-refractivity contribution >= 4 is 6.08 Å². The highest BCUT2D eigenvalue weighted by molar-refractivity contribution is 5.36. The molecule has 11 heavy (non-hydrogen) atoms. The third-order valence-corrected chi connectivity index (χ3v) is 3.50. The lowest BCUT2D eigenvalue weighted by molar-refractivity contribution is 0.307. The van der Waals surface area contributed by atoms with Gasteiger partial charge in [-0.1, -0.05) is 6.92 Å². The quantitative estimate of drug-likeness (QED) is 0.415. The van der Waals surface area contributed by atoms with Gasteiger partial charge in [0.25, 0.3) is 0 Å². The predicted octanol–water partition coefficient (Wildman–Crippen LogP) is 1.90. The Balaban J connectivity index is 2.29. The van der Waals surface area contributed by atoms with E-state index in [-0.39, 0.29) is 5.54 Å². The molecular formula is C9H13NO. The SMILES string of the molecule is CC1CC2CCC1(N=C=O)C2. The van der Waals surface area contributed by atoms with E-state index in [9.17, 15) is 4.79 Å². The summed E-state index contributed by atoms with van der Waals surface area (Å²) < 4.78 is 0. The maximum Gasteiger partial charge on any atom is 0.235 e. The second-order valence-electron chi connectivity index (χ2n) is 4.05. The Morgan fingerprint density at radius 1 is 1.64 bits per heavy atom. The maximum atomic E-state index is 10.2. The normalized spacial score (nSPS) is 47.4. The molecule has 0 amide bonds. The van der Waals surface area contributed by atoms with Gasteiger partial charge in [0.05, 0.1) is 5.54 Å². The lowest BCUT2D eigenvalue weighted by Crippen LogP contribution is -2.27. The lowest BCUT2D eigenvalue weighted by Gasteiger charge is -2.26. The smallest absolute Gasteiger partial charge is 0.211 e. The third kappa shape index (κ3) is 0.860. The zero-order valence-corrected chi connectivity index (χ0v) is 6.84. The van der Waals surface area contributed by atoms with E-state index < -0.39 is 0 Å². The van der Waals surface area contributed by atoms with Crippen LogP contribution in [-0.2, 0) is 4.79 Å². The van der Waals surface area contributed by atoms with Gasteiger partial charge in [-0.2, -0.15) is 4.99 Å². The van der Waals surface area contributed by atoms with Crippen LogP contribution in [-0.4, -0.2) is 11.6 Å². The Morgan fingerprint density at radius 3 is 2.91 bits per heavy atom. The number of carbonyl (C=O) groups excluding carboxylic acids is 1. The summed E-state index contributed by atoms with van der Waals surface area (Å²) in [5.41, 5.74) is 0.0203. The predicted molar refractivity (Wildman–Crippen MR) is 42.0 cm³/mol. The summed E-state index contributed by atoms with van der Waals surface area (Å²) in [5.74, 6) is 1.46. The van der Waals surface area contributed by atoms with Crippen molar-refractivity contribution in [1.82, 2.24) is 0 Å². The molecule has 3 unspecified atom stereocenters. The van der Waals surface area contributed by atoms with Crippen LogP contribution < -0.4 is 0 Å². The van der Waals surface area contributed by atoms with Crippen LogP contribution in [0.3, 0.4) is 0 Å². The van der Waals surface area contributed by atoms with Crippen molar-refractivity contribution in [2.24, 2.45) is 16.8 Å². The second-order valence-corrected chi connectivity index (χ2v) is 4.05. The number of nitrogens with zero attached hydrogens (tertiary/aromatic N) is 1. The minimum Gasteiger partial charge on any atom is -0.211 e. The molecule has 2 saturated carbocycles. The van der Waals surface area contributed by atoms with Crippen LogP contribution in [0, 0.1) is 11.8 Å². The molecule has 2 heteroatoms. The summed E-state index contributed by atoms with van der Waals surface area (Å²) in [6.07, 6.45) is 6.54. The van der Waals surface area contributed by atoms with E-state index in [1.54, 1.807) is 6.08 Å². The molecule has 0 heterocycles. The molecule has 0 aromatic heterocycles. The number of fused-ring (bicyclic) bond motifs is 2. The van der Waals surface area contributed by atoms with E-state index in [0.717, 1.165) is 18.8 Å². The van der Waals surface area contributed by atoms with Crippen LogP contribution in [0.4, 0.5) is 0 Å². The van der Waals surface area contributed by atoms with Crippen molar-refractivity contribution in [2.75, 3.05) is 0 Å². The number of aliphatic imine (C=N–C) groups is 1. The monoisotopic (exact) mass is 151 g/mol. The van der Waals surface area contributed by atoms with Crippen LogP contribution in [0.5, 0.6) is 0 Å². The Hall–Kier alpha value is -0.620. The first-order valence-corrected chi connectivity index (χ1v) is 4.36. The van der Waals surface area contributed by atoms with Crippen molar-refractivity contribution in [1.29, 1.82) is 0 Å². The van der Waals surface area contributed by atoms with Crippen molar-refractivity contribution in [3.05, 3.63) is 0 Å². The van der Waals surface area contributed by atoms with Gasteiger partial charge < -0.3 is 0 Å². The first-order valence-electron chi connectivity index (χ1n) is 4.36. The highest BCUT2D eigenvalue weighted by Crippen LogP contribution is 2.53. The minimum atomic E-state index is 0.0203. The summed E-state index contributed by atoms with van der Waals surface area (Å²) in [6, 6.07) is 0. The van der Waals surface area contributed by atoms with Crippen LogP contribution in [0.25, 0.3) is 0 Å². The third-order valence-electron chi connectivity index (χ3n) is 3.50. The van der Waals surface area contributed by atoms with Gasteiger partial charge in [0.1, 0.15) is 0 Å². The van der Waals surface area contributed by atoms with Gasteiger partial charge in [0.2, 0.25) is 6.08 Å². The molecule has 0 aromatic carbocycles. The summed E-state index contributed by atoms with van der Waals surface area (Å²) in [4.78, 5) is 14.2. The zero-order valence-electron chi connectivity index (χ0n) is 6.84. The molecule has 60 valence electrons. The van der Waals surface area contributed by atoms with Crippen molar-refractivity contribution in [3.63, 3.8) is 0 Å². The van der Waals surface area contributed by atoms with Gasteiger partial charge in [-0.25, -0.2) is 4.79 Å². The lowest BCUT2D eigenvalue weighted by atomic mass is 9.84. The highest BCUT2D eigenvalue weighted by Gasteiger charge is 2.50. The summed E-state index contributed by atoms with van der Waals surface area (Å²) >= 11 is 0. The fourth-order valence-electron chi connectivity index (χ4n) is 2.83. The number of hydrogen-bond donors (Lipinski definition) is 0. The van der Waals surface area contributed by atoms with Crippen LogP contribution in [0.2, 0.25) is 0 Å². The van der Waals surface area contributed by atoms with Crippen molar-refractivity contribution < 1.29 is 4.79 Å². The molecule has 0 spiro atoms. The molecular weight excluding hydrogens is 138 g/mol. The molecule has 0 saturated heterocycles. The molecule has 2 bridgehead atoms. The van der Waals surface area contributed by atoms with Gasteiger partial charge >= 0.3 is 0 Å². The molecule has 0 aromatic rings. The Labute approximate surface area is 66.7 Å². The molecule has 3 atom stereocenters. The average molecular weight is 151 g/mol. The molecule has 2 fully saturated rings. The van der Waals surface area contributed by atoms with Gasteiger partial charge in [0, 0.05) is 0 Å². The molecule has 2 rings (SSSR count). The Bertz CT molecular complexity index is 220. The van der Waals surface area contributed by atoms with Gasteiger partial charge in [0.15, 0.2) is 0 Å². The molecule has 0 aliphatic heterocycles. The molecule has 2 aliphatic carbocycles. The molecule has 2 aliphatic rings. The first-order chi connectivity index (χ1) is 5.27. The van der Waals surface area contributed by atoms with E-state index in [1.165, 1.54) is 12.8 Å². The van der Waals surface area contributed by atoms with Gasteiger partial charge in [-0.3, -0.25) is 0 Å². The van der Waals surface area contributed by atoms with E-state index in [1.807, 2.05) is 0 Å². The fraction of sp³-hybridized carbons (Fsp3) is 0.889.